The number of hydrogen-bond acceptors (Lipinski definition) is 4. The molecule has 0 bridgehead atoms. The van der Waals surface area contributed by atoms with E-state index in [2.05, 4.69) is 91.2 Å². The lowest BCUT2D eigenvalue weighted by Crippen LogP contribution is -2.46. The quantitative estimate of drug-likeness (QED) is 0.338. The summed E-state index contributed by atoms with van der Waals surface area (Å²) in [5.41, 5.74) is 5.16. The standard InChI is InChI=1S/C31H40N2O2/c1-24(2)28-15-14-27(22-25(28)3)35-31(29-12-8-9-13-30(29)34-4)16-17-32-18-20-33(21-19-32)23-26-10-6-5-7-11-26/h5-15,22,24,31H,16-21,23H2,1-4H3. The van der Waals surface area contributed by atoms with Crippen molar-refractivity contribution in [2.75, 3.05) is 39.8 Å². The molecule has 3 aromatic rings. The summed E-state index contributed by atoms with van der Waals surface area (Å²) < 4.78 is 12.3. The van der Waals surface area contributed by atoms with E-state index in [1.165, 1.54) is 16.7 Å². The summed E-state index contributed by atoms with van der Waals surface area (Å²) >= 11 is 0. The van der Waals surface area contributed by atoms with Crippen LogP contribution in [-0.4, -0.2) is 49.6 Å². The zero-order valence-corrected chi connectivity index (χ0v) is 21.7. The zero-order chi connectivity index (χ0) is 24.6. The largest absolute Gasteiger partial charge is 0.496 e. The van der Waals surface area contributed by atoms with E-state index < -0.39 is 0 Å². The van der Waals surface area contributed by atoms with Crippen molar-refractivity contribution in [3.63, 3.8) is 0 Å². The van der Waals surface area contributed by atoms with Crippen LogP contribution in [-0.2, 0) is 6.54 Å². The van der Waals surface area contributed by atoms with E-state index >= 15 is 0 Å². The van der Waals surface area contributed by atoms with Crippen LogP contribution in [0.25, 0.3) is 0 Å². The Balaban J connectivity index is 1.40. The maximum atomic E-state index is 6.63. The maximum absolute atomic E-state index is 6.63. The van der Waals surface area contributed by atoms with Gasteiger partial charge in [-0.15, -0.1) is 0 Å². The molecule has 1 fully saturated rings. The first-order chi connectivity index (χ1) is 17.0. The smallest absolute Gasteiger partial charge is 0.128 e. The van der Waals surface area contributed by atoms with Crippen LogP contribution in [0, 0.1) is 6.92 Å². The Hall–Kier alpha value is -2.82. The second kappa shape index (κ2) is 12.2. The Morgan fingerprint density at radius 2 is 1.49 bits per heavy atom. The number of ether oxygens (including phenoxy) is 2. The Morgan fingerprint density at radius 1 is 0.800 bits per heavy atom. The van der Waals surface area contributed by atoms with Crippen LogP contribution < -0.4 is 9.47 Å². The molecule has 3 aromatic carbocycles. The molecule has 4 nitrogen and oxygen atoms in total. The fraction of sp³-hybridized carbons (Fsp3) is 0.419. The van der Waals surface area contributed by atoms with Crippen LogP contribution in [0.5, 0.6) is 11.5 Å². The number of benzene rings is 3. The number of aryl methyl sites for hydroxylation is 1. The summed E-state index contributed by atoms with van der Waals surface area (Å²) in [4.78, 5) is 5.12. The molecule has 0 saturated carbocycles. The molecule has 4 rings (SSSR count). The minimum atomic E-state index is -0.0576. The number of rotatable bonds is 10. The number of hydrogen-bond donors (Lipinski definition) is 0. The second-order valence-electron chi connectivity index (χ2n) is 9.91. The molecular formula is C31H40N2O2. The van der Waals surface area contributed by atoms with E-state index in [-0.39, 0.29) is 6.10 Å². The van der Waals surface area contributed by atoms with Gasteiger partial charge in [-0.05, 0) is 47.7 Å². The molecule has 1 aliphatic heterocycles. The van der Waals surface area contributed by atoms with Gasteiger partial charge in [0, 0.05) is 51.3 Å². The van der Waals surface area contributed by atoms with Crippen LogP contribution in [0.1, 0.15) is 54.5 Å². The molecule has 0 N–H and O–H groups in total. The third kappa shape index (κ3) is 6.87. The van der Waals surface area contributed by atoms with Gasteiger partial charge in [0.25, 0.3) is 0 Å². The van der Waals surface area contributed by atoms with Crippen molar-refractivity contribution in [3.05, 3.63) is 95.1 Å². The van der Waals surface area contributed by atoms with Crippen LogP contribution in [0.15, 0.2) is 72.8 Å². The molecule has 1 saturated heterocycles. The predicted molar refractivity (Wildman–Crippen MR) is 144 cm³/mol. The normalized spacial score (nSPS) is 15.8. The lowest BCUT2D eigenvalue weighted by atomic mass is 9.98. The van der Waals surface area contributed by atoms with Gasteiger partial charge in [0.15, 0.2) is 0 Å². The highest BCUT2D eigenvalue weighted by atomic mass is 16.5. The van der Waals surface area contributed by atoms with Gasteiger partial charge < -0.3 is 14.4 Å². The highest BCUT2D eigenvalue weighted by Crippen LogP contribution is 2.33. The predicted octanol–water partition coefficient (Wildman–Crippen LogP) is 6.46. The molecule has 1 heterocycles. The fourth-order valence-corrected chi connectivity index (χ4v) is 5.06. The molecule has 4 heteroatoms. The average molecular weight is 473 g/mol. The molecule has 186 valence electrons. The van der Waals surface area contributed by atoms with Gasteiger partial charge in [-0.1, -0.05) is 68.4 Å². The Labute approximate surface area is 211 Å². The van der Waals surface area contributed by atoms with Gasteiger partial charge in [-0.25, -0.2) is 0 Å². The minimum absolute atomic E-state index is 0.0576. The van der Waals surface area contributed by atoms with E-state index in [4.69, 9.17) is 9.47 Å². The van der Waals surface area contributed by atoms with Gasteiger partial charge in [0.1, 0.15) is 17.6 Å². The van der Waals surface area contributed by atoms with Gasteiger partial charge >= 0.3 is 0 Å². The van der Waals surface area contributed by atoms with E-state index in [0.717, 1.165) is 62.8 Å². The van der Waals surface area contributed by atoms with Gasteiger partial charge in [0.2, 0.25) is 0 Å². The minimum Gasteiger partial charge on any atom is -0.496 e. The van der Waals surface area contributed by atoms with Crippen molar-refractivity contribution in [2.45, 2.75) is 45.8 Å². The van der Waals surface area contributed by atoms with Crippen LogP contribution in [0.4, 0.5) is 0 Å². The monoisotopic (exact) mass is 472 g/mol. The maximum Gasteiger partial charge on any atom is 0.128 e. The van der Waals surface area contributed by atoms with Crippen molar-refractivity contribution < 1.29 is 9.47 Å². The molecule has 35 heavy (non-hydrogen) atoms. The molecule has 1 atom stereocenters. The summed E-state index contributed by atoms with van der Waals surface area (Å²) in [5, 5.41) is 0. The lowest BCUT2D eigenvalue weighted by molar-refractivity contribution is 0.106. The Morgan fingerprint density at radius 3 is 2.17 bits per heavy atom. The van der Waals surface area contributed by atoms with E-state index in [9.17, 15) is 0 Å². The third-order valence-electron chi connectivity index (χ3n) is 7.05. The highest BCUT2D eigenvalue weighted by molar-refractivity contribution is 5.39. The van der Waals surface area contributed by atoms with E-state index in [0.29, 0.717) is 5.92 Å². The van der Waals surface area contributed by atoms with Crippen molar-refractivity contribution in [1.29, 1.82) is 0 Å². The van der Waals surface area contributed by atoms with E-state index in [1.807, 2.05) is 12.1 Å². The van der Waals surface area contributed by atoms with Crippen molar-refractivity contribution in [1.82, 2.24) is 9.80 Å². The summed E-state index contributed by atoms with van der Waals surface area (Å²) in [6, 6.07) is 25.5. The summed E-state index contributed by atoms with van der Waals surface area (Å²) in [5.74, 6) is 2.32. The topological polar surface area (TPSA) is 24.9 Å². The molecular weight excluding hydrogens is 432 g/mol. The van der Waals surface area contributed by atoms with Crippen LogP contribution in [0.2, 0.25) is 0 Å². The summed E-state index contributed by atoms with van der Waals surface area (Å²) in [6.07, 6.45) is 0.863. The van der Waals surface area contributed by atoms with Crippen molar-refractivity contribution >= 4 is 0 Å². The van der Waals surface area contributed by atoms with Gasteiger partial charge in [0.05, 0.1) is 7.11 Å². The first-order valence-electron chi connectivity index (χ1n) is 12.9. The van der Waals surface area contributed by atoms with Crippen molar-refractivity contribution in [3.8, 4) is 11.5 Å². The van der Waals surface area contributed by atoms with Gasteiger partial charge in [-0.2, -0.15) is 0 Å². The molecule has 1 unspecified atom stereocenters. The SMILES string of the molecule is COc1ccccc1C(CCN1CCN(Cc2ccccc2)CC1)Oc1ccc(C(C)C)c(C)c1. The molecule has 0 aliphatic carbocycles. The number of nitrogens with zero attached hydrogens (tertiary/aromatic N) is 2. The first kappa shape index (κ1) is 25.3. The number of methoxy groups -OCH3 is 1. The lowest BCUT2D eigenvalue weighted by Gasteiger charge is -2.35. The first-order valence-corrected chi connectivity index (χ1v) is 12.9. The molecule has 0 aromatic heterocycles. The second-order valence-corrected chi connectivity index (χ2v) is 9.91. The Bertz CT molecular complexity index is 1060. The summed E-state index contributed by atoms with van der Waals surface area (Å²) in [6.45, 7) is 13.1. The Kier molecular flexibility index (Phi) is 8.84. The molecule has 1 aliphatic rings. The van der Waals surface area contributed by atoms with Crippen LogP contribution in [0.3, 0.4) is 0 Å². The summed E-state index contributed by atoms with van der Waals surface area (Å²) in [7, 11) is 1.74. The van der Waals surface area contributed by atoms with E-state index in [1.54, 1.807) is 7.11 Å². The molecule has 0 radical (unpaired) electrons. The zero-order valence-electron chi connectivity index (χ0n) is 21.7. The third-order valence-corrected chi connectivity index (χ3v) is 7.05. The van der Waals surface area contributed by atoms with Gasteiger partial charge in [-0.3, -0.25) is 4.90 Å². The van der Waals surface area contributed by atoms with Crippen molar-refractivity contribution in [2.24, 2.45) is 0 Å². The van der Waals surface area contributed by atoms with Crippen LogP contribution >= 0.6 is 0 Å². The number of para-hydroxylation sites is 1. The fourth-order valence-electron chi connectivity index (χ4n) is 5.06. The average Bonchev–Trinajstić information content (AvgIpc) is 2.88. The molecule has 0 spiro atoms. The highest BCUT2D eigenvalue weighted by Gasteiger charge is 2.22. The number of piperazine rings is 1. The molecule has 0 amide bonds.